The van der Waals surface area contributed by atoms with Gasteiger partial charge in [-0.25, -0.2) is 4.98 Å². The summed E-state index contributed by atoms with van der Waals surface area (Å²) in [4.78, 5) is 4.84. The molecule has 0 fully saturated rings. The van der Waals surface area contributed by atoms with Gasteiger partial charge in [-0.1, -0.05) is 115 Å². The largest absolute Gasteiger partial charge is 0.326 e. The molecule has 5 rings (SSSR count). The Morgan fingerprint density at radius 1 is 0.625 bits per heavy atom. The summed E-state index contributed by atoms with van der Waals surface area (Å²) in [5.74, 6) is 0. The molecule has 0 atom stereocenters. The predicted octanol–water partition coefficient (Wildman–Crippen LogP) is 5.85. The maximum absolute atomic E-state index is 6.02. The molecule has 0 bridgehead atoms. The van der Waals surface area contributed by atoms with Crippen molar-refractivity contribution in [3.8, 4) is 11.3 Å². The molecule has 0 spiro atoms. The van der Waals surface area contributed by atoms with Gasteiger partial charge in [0.2, 0.25) is 0 Å². The summed E-state index contributed by atoms with van der Waals surface area (Å²) in [7, 11) is 0. The van der Waals surface area contributed by atoms with Crippen LogP contribution in [0.5, 0.6) is 0 Å². The van der Waals surface area contributed by atoms with Gasteiger partial charge in [0.1, 0.15) is 5.54 Å². The molecule has 0 aliphatic carbocycles. The predicted molar refractivity (Wildman–Crippen MR) is 130 cm³/mol. The fourth-order valence-electron chi connectivity index (χ4n) is 4.58. The topological polar surface area (TPSA) is 43.8 Å². The van der Waals surface area contributed by atoms with Crippen molar-refractivity contribution in [1.82, 2.24) is 9.55 Å². The van der Waals surface area contributed by atoms with Crippen molar-refractivity contribution in [1.29, 1.82) is 0 Å². The van der Waals surface area contributed by atoms with Crippen LogP contribution in [0, 0.1) is 0 Å². The number of nitrogens with zero attached hydrogens (tertiary/aromatic N) is 2. The van der Waals surface area contributed by atoms with Crippen molar-refractivity contribution in [3.63, 3.8) is 0 Å². The summed E-state index contributed by atoms with van der Waals surface area (Å²) in [6, 6.07) is 40.1. The van der Waals surface area contributed by atoms with Gasteiger partial charge in [-0.2, -0.15) is 0 Å². The highest BCUT2D eigenvalue weighted by atomic mass is 15.1. The Kier molecular flexibility index (Phi) is 5.40. The molecular formula is C29H25N3. The number of benzene rings is 4. The second-order valence-corrected chi connectivity index (χ2v) is 7.84. The quantitative estimate of drug-likeness (QED) is 0.354. The Morgan fingerprint density at radius 2 is 1.09 bits per heavy atom. The highest BCUT2D eigenvalue weighted by Gasteiger charge is 2.38. The minimum absolute atomic E-state index is 0.476. The van der Waals surface area contributed by atoms with Crippen LogP contribution >= 0.6 is 0 Å². The van der Waals surface area contributed by atoms with Crippen molar-refractivity contribution in [2.24, 2.45) is 5.73 Å². The Morgan fingerprint density at radius 3 is 1.59 bits per heavy atom. The zero-order valence-corrected chi connectivity index (χ0v) is 17.8. The summed E-state index contributed by atoms with van der Waals surface area (Å²) in [6.07, 6.45) is 4.08. The van der Waals surface area contributed by atoms with E-state index in [2.05, 4.69) is 114 Å². The fraction of sp³-hybridized carbons (Fsp3) is 0.0690. The van der Waals surface area contributed by atoms with Crippen molar-refractivity contribution in [2.45, 2.75) is 12.1 Å². The fourth-order valence-corrected chi connectivity index (χ4v) is 4.58. The van der Waals surface area contributed by atoms with Crippen LogP contribution in [0.15, 0.2) is 128 Å². The third kappa shape index (κ3) is 3.33. The van der Waals surface area contributed by atoms with E-state index >= 15 is 0 Å². The minimum atomic E-state index is -0.563. The van der Waals surface area contributed by atoms with Crippen molar-refractivity contribution in [3.05, 3.63) is 150 Å². The highest BCUT2D eigenvalue weighted by molar-refractivity contribution is 5.64. The van der Waals surface area contributed by atoms with E-state index in [0.717, 1.165) is 16.8 Å². The zero-order valence-electron chi connectivity index (χ0n) is 17.8. The lowest BCUT2D eigenvalue weighted by molar-refractivity contribution is 0.515. The Bertz CT molecular complexity index is 1200. The van der Waals surface area contributed by atoms with E-state index in [1.165, 1.54) is 16.7 Å². The van der Waals surface area contributed by atoms with E-state index in [1.54, 1.807) is 0 Å². The summed E-state index contributed by atoms with van der Waals surface area (Å²) in [5.41, 5.74) is 12.0. The van der Waals surface area contributed by atoms with Crippen LogP contribution in [-0.2, 0) is 12.1 Å². The van der Waals surface area contributed by atoms with Crippen LogP contribution in [0.2, 0.25) is 0 Å². The van der Waals surface area contributed by atoms with Crippen LogP contribution in [0.25, 0.3) is 11.3 Å². The van der Waals surface area contributed by atoms with Crippen LogP contribution in [0.4, 0.5) is 0 Å². The monoisotopic (exact) mass is 415 g/mol. The van der Waals surface area contributed by atoms with E-state index < -0.39 is 5.54 Å². The van der Waals surface area contributed by atoms with Gasteiger partial charge in [0.05, 0.1) is 12.0 Å². The molecule has 0 saturated carbocycles. The first kappa shape index (κ1) is 20.0. The van der Waals surface area contributed by atoms with E-state index in [1.807, 2.05) is 18.5 Å². The lowest BCUT2D eigenvalue weighted by Gasteiger charge is -2.37. The third-order valence-corrected chi connectivity index (χ3v) is 6.06. The SMILES string of the molecule is NCc1ccccc1-c1cn(C(c2ccccc2)(c2ccccc2)c2ccccc2)cn1. The summed E-state index contributed by atoms with van der Waals surface area (Å²) in [5, 5.41) is 0. The van der Waals surface area contributed by atoms with E-state index in [4.69, 9.17) is 10.7 Å². The first-order valence-electron chi connectivity index (χ1n) is 10.8. The van der Waals surface area contributed by atoms with Gasteiger partial charge < -0.3 is 10.3 Å². The molecule has 2 N–H and O–H groups in total. The molecule has 5 aromatic rings. The van der Waals surface area contributed by atoms with Crippen molar-refractivity contribution >= 4 is 0 Å². The van der Waals surface area contributed by atoms with Gasteiger partial charge in [-0.05, 0) is 22.3 Å². The van der Waals surface area contributed by atoms with Gasteiger partial charge >= 0.3 is 0 Å². The first-order chi connectivity index (χ1) is 15.8. The lowest BCUT2D eigenvalue weighted by atomic mass is 9.77. The normalized spacial score (nSPS) is 11.4. The molecule has 32 heavy (non-hydrogen) atoms. The molecule has 4 aromatic carbocycles. The standard InChI is InChI=1S/C29H25N3/c30-20-23-12-10-11-19-27(23)28-21-32(22-31-28)29(24-13-4-1-5-14-24,25-15-6-2-7-16-25)26-17-8-3-9-18-26/h1-19,21-22H,20,30H2. The summed E-state index contributed by atoms with van der Waals surface area (Å²) < 4.78 is 2.23. The number of hydrogen-bond donors (Lipinski definition) is 1. The maximum Gasteiger partial charge on any atom is 0.121 e. The van der Waals surface area contributed by atoms with E-state index in [0.29, 0.717) is 6.54 Å². The van der Waals surface area contributed by atoms with Gasteiger partial charge in [-0.3, -0.25) is 0 Å². The van der Waals surface area contributed by atoms with Crippen LogP contribution in [-0.4, -0.2) is 9.55 Å². The Hall–Kier alpha value is -3.95. The average Bonchev–Trinajstić information content (AvgIpc) is 3.37. The van der Waals surface area contributed by atoms with Crippen LogP contribution < -0.4 is 5.73 Å². The van der Waals surface area contributed by atoms with Gasteiger partial charge in [0.15, 0.2) is 0 Å². The van der Waals surface area contributed by atoms with E-state index in [9.17, 15) is 0 Å². The lowest BCUT2D eigenvalue weighted by Crippen LogP contribution is -2.36. The van der Waals surface area contributed by atoms with Crippen LogP contribution in [0.1, 0.15) is 22.3 Å². The van der Waals surface area contributed by atoms with E-state index in [-0.39, 0.29) is 0 Å². The van der Waals surface area contributed by atoms with Gasteiger partial charge in [-0.15, -0.1) is 0 Å². The molecule has 0 unspecified atom stereocenters. The van der Waals surface area contributed by atoms with Crippen molar-refractivity contribution in [2.75, 3.05) is 0 Å². The number of rotatable bonds is 6. The number of nitrogens with two attached hydrogens (primary N) is 1. The van der Waals surface area contributed by atoms with Gasteiger partial charge in [0.25, 0.3) is 0 Å². The molecule has 156 valence electrons. The van der Waals surface area contributed by atoms with Crippen LogP contribution in [0.3, 0.4) is 0 Å². The van der Waals surface area contributed by atoms with Crippen molar-refractivity contribution < 1.29 is 0 Å². The third-order valence-electron chi connectivity index (χ3n) is 6.06. The molecule has 1 aromatic heterocycles. The number of hydrogen-bond acceptors (Lipinski definition) is 2. The number of imidazole rings is 1. The smallest absolute Gasteiger partial charge is 0.121 e. The molecule has 0 aliphatic heterocycles. The minimum Gasteiger partial charge on any atom is -0.326 e. The van der Waals surface area contributed by atoms with Gasteiger partial charge in [0, 0.05) is 18.3 Å². The highest BCUT2D eigenvalue weighted by Crippen LogP contribution is 2.41. The average molecular weight is 416 g/mol. The molecular weight excluding hydrogens is 390 g/mol. The molecule has 3 heteroatoms. The Labute approximate surface area is 188 Å². The Balaban J connectivity index is 1.81. The molecule has 0 radical (unpaired) electrons. The summed E-state index contributed by atoms with van der Waals surface area (Å²) >= 11 is 0. The maximum atomic E-state index is 6.02. The molecule has 1 heterocycles. The second kappa shape index (κ2) is 8.66. The zero-order chi connectivity index (χ0) is 21.8. The molecule has 3 nitrogen and oxygen atoms in total. The first-order valence-corrected chi connectivity index (χ1v) is 10.8. The summed E-state index contributed by atoms with van der Waals surface area (Å²) in [6.45, 7) is 0.476. The number of aromatic nitrogens is 2. The molecule has 0 amide bonds. The molecule has 0 saturated heterocycles. The second-order valence-electron chi connectivity index (χ2n) is 7.84. The molecule has 0 aliphatic rings.